The lowest BCUT2D eigenvalue weighted by Crippen LogP contribution is -2.38. The molecule has 7 nitrogen and oxygen atoms in total. The lowest BCUT2D eigenvalue weighted by Gasteiger charge is -2.19. The van der Waals surface area contributed by atoms with Crippen molar-refractivity contribution in [1.29, 1.82) is 0 Å². The van der Waals surface area contributed by atoms with Crippen molar-refractivity contribution >= 4 is 5.96 Å². The lowest BCUT2D eigenvalue weighted by atomic mass is 10.1. The zero-order valence-electron chi connectivity index (χ0n) is 14.9. The molecule has 0 amide bonds. The van der Waals surface area contributed by atoms with Crippen LogP contribution in [0.4, 0.5) is 0 Å². The number of hydrogen-bond donors (Lipinski definition) is 2. The predicted molar refractivity (Wildman–Crippen MR) is 95.3 cm³/mol. The van der Waals surface area contributed by atoms with Crippen LogP contribution in [0.25, 0.3) is 0 Å². The molecule has 0 fully saturated rings. The maximum absolute atomic E-state index is 5.62. The Morgan fingerprint density at radius 3 is 2.68 bits per heavy atom. The van der Waals surface area contributed by atoms with Crippen molar-refractivity contribution in [1.82, 2.24) is 15.8 Å². The summed E-state index contributed by atoms with van der Waals surface area (Å²) in [6.45, 7) is 6.46. The number of ether oxygens (including phenoxy) is 2. The monoisotopic (exact) mass is 344 g/mol. The molecule has 2 N–H and O–H groups in total. The largest absolute Gasteiger partial charge is 0.486 e. The molecule has 0 spiro atoms. The van der Waals surface area contributed by atoms with Gasteiger partial charge in [0.2, 0.25) is 0 Å². The van der Waals surface area contributed by atoms with Gasteiger partial charge in [0.1, 0.15) is 19.0 Å². The van der Waals surface area contributed by atoms with E-state index in [-0.39, 0.29) is 0 Å². The summed E-state index contributed by atoms with van der Waals surface area (Å²) in [6.07, 6.45) is 0.864. The SMILES string of the molecule is CN=C(NCCc1ccc2c(c1)OCCO2)NCc1c(C)noc1C. The van der Waals surface area contributed by atoms with Crippen LogP contribution in [0.5, 0.6) is 11.5 Å². The Hall–Kier alpha value is -2.70. The smallest absolute Gasteiger partial charge is 0.191 e. The summed E-state index contributed by atoms with van der Waals surface area (Å²) in [7, 11) is 1.76. The van der Waals surface area contributed by atoms with E-state index in [1.54, 1.807) is 7.05 Å². The van der Waals surface area contributed by atoms with E-state index in [4.69, 9.17) is 14.0 Å². The van der Waals surface area contributed by atoms with E-state index in [1.807, 2.05) is 26.0 Å². The van der Waals surface area contributed by atoms with Crippen LogP contribution < -0.4 is 20.1 Å². The molecule has 7 heteroatoms. The normalized spacial score (nSPS) is 13.6. The Balaban J connectivity index is 1.48. The number of hydrogen-bond acceptors (Lipinski definition) is 5. The van der Waals surface area contributed by atoms with Crippen LogP contribution in [0.15, 0.2) is 27.7 Å². The van der Waals surface area contributed by atoms with Crippen molar-refractivity contribution < 1.29 is 14.0 Å². The van der Waals surface area contributed by atoms with Crippen LogP contribution in [0.1, 0.15) is 22.6 Å². The van der Waals surface area contributed by atoms with Crippen LogP contribution >= 0.6 is 0 Å². The first-order chi connectivity index (χ1) is 12.2. The maximum Gasteiger partial charge on any atom is 0.191 e. The zero-order chi connectivity index (χ0) is 17.6. The summed E-state index contributed by atoms with van der Waals surface area (Å²) in [5, 5.41) is 10.6. The van der Waals surface area contributed by atoms with Crippen molar-refractivity contribution in [2.24, 2.45) is 4.99 Å². The summed E-state index contributed by atoms with van der Waals surface area (Å²) >= 11 is 0. The molecule has 1 aromatic heterocycles. The highest BCUT2D eigenvalue weighted by Gasteiger charge is 2.12. The van der Waals surface area contributed by atoms with Crippen LogP contribution in [0.2, 0.25) is 0 Å². The zero-order valence-corrected chi connectivity index (χ0v) is 14.9. The van der Waals surface area contributed by atoms with Gasteiger partial charge in [0.05, 0.1) is 5.69 Å². The molecular weight excluding hydrogens is 320 g/mol. The Morgan fingerprint density at radius 1 is 1.16 bits per heavy atom. The second-order valence-electron chi connectivity index (χ2n) is 5.88. The van der Waals surface area contributed by atoms with E-state index in [1.165, 1.54) is 5.56 Å². The summed E-state index contributed by atoms with van der Waals surface area (Å²) in [6, 6.07) is 6.07. The van der Waals surface area contributed by atoms with Gasteiger partial charge in [-0.1, -0.05) is 11.2 Å². The summed E-state index contributed by atoms with van der Waals surface area (Å²) < 4.78 is 16.3. The fourth-order valence-electron chi connectivity index (χ4n) is 2.72. The van der Waals surface area contributed by atoms with Gasteiger partial charge in [-0.3, -0.25) is 4.99 Å². The molecule has 0 radical (unpaired) electrons. The molecule has 0 aliphatic carbocycles. The molecule has 0 saturated carbocycles. The number of benzene rings is 1. The highest BCUT2D eigenvalue weighted by molar-refractivity contribution is 5.79. The Bertz CT molecular complexity index is 735. The number of nitrogens with zero attached hydrogens (tertiary/aromatic N) is 2. The number of nitrogens with one attached hydrogen (secondary N) is 2. The Labute approximate surface area is 147 Å². The number of fused-ring (bicyclic) bond motifs is 1. The van der Waals surface area contributed by atoms with Gasteiger partial charge < -0.3 is 24.6 Å². The van der Waals surface area contributed by atoms with E-state index < -0.39 is 0 Å². The predicted octanol–water partition coefficient (Wildman–Crippen LogP) is 1.97. The van der Waals surface area contributed by atoms with Gasteiger partial charge in [0, 0.05) is 25.7 Å². The van der Waals surface area contributed by atoms with Crippen molar-refractivity contribution in [3.8, 4) is 11.5 Å². The minimum absolute atomic E-state index is 0.604. The molecule has 0 unspecified atom stereocenters. The van der Waals surface area contributed by atoms with Crippen LogP contribution in [0, 0.1) is 13.8 Å². The van der Waals surface area contributed by atoms with Gasteiger partial charge in [-0.25, -0.2) is 0 Å². The van der Waals surface area contributed by atoms with E-state index in [0.717, 1.165) is 47.4 Å². The first-order valence-electron chi connectivity index (χ1n) is 8.42. The average Bonchev–Trinajstić information content (AvgIpc) is 2.96. The highest BCUT2D eigenvalue weighted by Crippen LogP contribution is 2.30. The van der Waals surface area contributed by atoms with Crippen molar-refractivity contribution in [2.75, 3.05) is 26.8 Å². The van der Waals surface area contributed by atoms with E-state index in [9.17, 15) is 0 Å². The second-order valence-corrected chi connectivity index (χ2v) is 5.88. The topological polar surface area (TPSA) is 80.9 Å². The number of aromatic nitrogens is 1. The maximum atomic E-state index is 5.62. The molecule has 0 atom stereocenters. The number of aliphatic imine (C=N–C) groups is 1. The third-order valence-electron chi connectivity index (χ3n) is 4.15. The molecule has 25 heavy (non-hydrogen) atoms. The van der Waals surface area contributed by atoms with E-state index in [2.05, 4.69) is 26.8 Å². The first-order valence-corrected chi connectivity index (χ1v) is 8.42. The molecule has 2 heterocycles. The van der Waals surface area contributed by atoms with Crippen LogP contribution in [-0.2, 0) is 13.0 Å². The van der Waals surface area contributed by atoms with Crippen LogP contribution in [-0.4, -0.2) is 37.9 Å². The quantitative estimate of drug-likeness (QED) is 0.638. The fraction of sp³-hybridized carbons (Fsp3) is 0.444. The molecule has 1 aromatic carbocycles. The molecule has 1 aliphatic heterocycles. The van der Waals surface area contributed by atoms with Crippen LogP contribution in [0.3, 0.4) is 0 Å². The molecular formula is C18H24N4O3. The summed E-state index contributed by atoms with van der Waals surface area (Å²) in [5.41, 5.74) is 3.16. The average molecular weight is 344 g/mol. The van der Waals surface area contributed by atoms with Gasteiger partial charge in [0.15, 0.2) is 17.5 Å². The third kappa shape index (κ3) is 4.23. The first kappa shape index (κ1) is 17.1. The summed E-state index contributed by atoms with van der Waals surface area (Å²) in [4.78, 5) is 4.25. The third-order valence-corrected chi connectivity index (χ3v) is 4.15. The van der Waals surface area contributed by atoms with Gasteiger partial charge in [0.25, 0.3) is 0 Å². The van der Waals surface area contributed by atoms with Gasteiger partial charge in [-0.05, 0) is 38.0 Å². The highest BCUT2D eigenvalue weighted by atomic mass is 16.6. The summed E-state index contributed by atoms with van der Waals surface area (Å²) in [5.74, 6) is 3.22. The molecule has 3 rings (SSSR count). The van der Waals surface area contributed by atoms with Gasteiger partial charge in [-0.15, -0.1) is 0 Å². The van der Waals surface area contributed by atoms with Crippen molar-refractivity contribution in [3.63, 3.8) is 0 Å². The molecule has 0 bridgehead atoms. The van der Waals surface area contributed by atoms with Crippen molar-refractivity contribution in [2.45, 2.75) is 26.8 Å². The number of guanidine groups is 1. The van der Waals surface area contributed by atoms with E-state index in [0.29, 0.717) is 19.8 Å². The standard InChI is InChI=1S/C18H24N4O3/c1-12-15(13(2)25-22-12)11-21-18(19-3)20-7-6-14-4-5-16-17(10-14)24-9-8-23-16/h4-5,10H,6-9,11H2,1-3H3,(H2,19,20,21). The van der Waals surface area contributed by atoms with E-state index >= 15 is 0 Å². The Kier molecular flexibility index (Phi) is 5.42. The minimum Gasteiger partial charge on any atom is -0.486 e. The van der Waals surface area contributed by atoms with Crippen molar-refractivity contribution in [3.05, 3.63) is 40.8 Å². The molecule has 0 saturated heterocycles. The molecule has 1 aliphatic rings. The number of rotatable bonds is 5. The lowest BCUT2D eigenvalue weighted by molar-refractivity contribution is 0.171. The van der Waals surface area contributed by atoms with Gasteiger partial charge >= 0.3 is 0 Å². The number of aryl methyl sites for hydroxylation is 2. The molecule has 134 valence electrons. The minimum atomic E-state index is 0.604. The Morgan fingerprint density at radius 2 is 1.96 bits per heavy atom. The fourth-order valence-corrected chi connectivity index (χ4v) is 2.72. The van der Waals surface area contributed by atoms with Gasteiger partial charge in [-0.2, -0.15) is 0 Å². The molecule has 2 aromatic rings. The second kappa shape index (κ2) is 7.92.